The summed E-state index contributed by atoms with van der Waals surface area (Å²) in [6, 6.07) is 4.01. The van der Waals surface area contributed by atoms with Gasteiger partial charge in [-0.05, 0) is 62.6 Å². The van der Waals surface area contributed by atoms with E-state index in [0.717, 1.165) is 31.0 Å². The molecule has 4 rings (SSSR count). The second-order valence-electron chi connectivity index (χ2n) is 8.35. The molecule has 3 heterocycles. The summed E-state index contributed by atoms with van der Waals surface area (Å²) in [6.07, 6.45) is 14.5. The van der Waals surface area contributed by atoms with Crippen molar-refractivity contribution in [3.05, 3.63) is 30.1 Å². The predicted octanol–water partition coefficient (Wildman–Crippen LogP) is 3.27. The molecule has 0 unspecified atom stereocenters. The Labute approximate surface area is 151 Å². The second-order valence-corrected chi connectivity index (χ2v) is 8.35. The van der Waals surface area contributed by atoms with Crippen molar-refractivity contribution in [2.45, 2.75) is 63.3 Å². The lowest BCUT2D eigenvalue weighted by molar-refractivity contribution is -0.130. The lowest BCUT2D eigenvalue weighted by atomic mass is 9.94. The van der Waals surface area contributed by atoms with E-state index in [2.05, 4.69) is 20.9 Å². The van der Waals surface area contributed by atoms with Crippen LogP contribution in [-0.4, -0.2) is 52.4 Å². The maximum atomic E-state index is 12.7. The molecule has 1 amide bonds. The van der Waals surface area contributed by atoms with Crippen LogP contribution < -0.4 is 0 Å². The fourth-order valence-corrected chi connectivity index (χ4v) is 5.27. The van der Waals surface area contributed by atoms with Crippen LogP contribution in [0.4, 0.5) is 0 Å². The Bertz CT molecular complexity index is 584. The molecule has 4 heteroatoms. The maximum absolute atomic E-state index is 12.7. The fraction of sp³-hybridized carbons (Fsp3) is 0.714. The Kier molecular flexibility index (Phi) is 5.07. The Morgan fingerprint density at radius 1 is 1.20 bits per heavy atom. The Hall–Kier alpha value is -1.42. The van der Waals surface area contributed by atoms with Gasteiger partial charge in [-0.15, -0.1) is 0 Å². The molecule has 3 fully saturated rings. The molecule has 4 nitrogen and oxygen atoms in total. The number of aryl methyl sites for hydroxylation is 1. The van der Waals surface area contributed by atoms with E-state index in [-0.39, 0.29) is 0 Å². The number of nitrogens with zero attached hydrogens (tertiary/aromatic N) is 3. The summed E-state index contributed by atoms with van der Waals surface area (Å²) in [5.41, 5.74) is 1.46. The largest absolute Gasteiger partial charge is 0.341 e. The number of carbonyl (C=O) groups excluding carboxylic acids is 1. The number of pyridine rings is 1. The first-order valence-corrected chi connectivity index (χ1v) is 10.2. The van der Waals surface area contributed by atoms with Crippen LogP contribution in [0.15, 0.2) is 24.5 Å². The number of rotatable bonds is 5. The lowest BCUT2D eigenvalue weighted by Gasteiger charge is -2.36. The van der Waals surface area contributed by atoms with Crippen molar-refractivity contribution in [1.29, 1.82) is 0 Å². The summed E-state index contributed by atoms with van der Waals surface area (Å²) in [4.78, 5) is 21.7. The van der Waals surface area contributed by atoms with Crippen LogP contribution >= 0.6 is 0 Å². The van der Waals surface area contributed by atoms with E-state index in [1.807, 2.05) is 12.3 Å². The number of hydrogen-bond donors (Lipinski definition) is 0. The van der Waals surface area contributed by atoms with E-state index >= 15 is 0 Å². The third-order valence-electron chi connectivity index (χ3n) is 6.73. The zero-order valence-corrected chi connectivity index (χ0v) is 15.3. The van der Waals surface area contributed by atoms with Gasteiger partial charge in [0.05, 0.1) is 0 Å². The molecule has 0 bridgehead atoms. The normalized spacial score (nSPS) is 27.6. The standard InChI is InChI=1S/C21H31N3O/c25-20(9-8-18-7-3-12-22-15-18)23-14-11-21(17-23)10-4-13-24(21)16-19-5-1-2-6-19/h3,7,12,15,19H,1-2,4-6,8-11,13-14,16-17H2/t21-/m0/s1. The molecule has 1 aromatic heterocycles. The minimum absolute atomic E-state index is 0.298. The highest BCUT2D eigenvalue weighted by Gasteiger charge is 2.47. The van der Waals surface area contributed by atoms with Gasteiger partial charge < -0.3 is 4.90 Å². The van der Waals surface area contributed by atoms with E-state index in [1.165, 1.54) is 58.0 Å². The summed E-state index contributed by atoms with van der Waals surface area (Å²) >= 11 is 0. The van der Waals surface area contributed by atoms with E-state index in [1.54, 1.807) is 6.20 Å². The van der Waals surface area contributed by atoms with Crippen molar-refractivity contribution in [3.63, 3.8) is 0 Å². The van der Waals surface area contributed by atoms with Gasteiger partial charge in [-0.2, -0.15) is 0 Å². The van der Waals surface area contributed by atoms with Crippen molar-refractivity contribution < 1.29 is 4.79 Å². The van der Waals surface area contributed by atoms with Gasteiger partial charge in [0.25, 0.3) is 0 Å². The zero-order chi connectivity index (χ0) is 17.1. The summed E-state index contributed by atoms with van der Waals surface area (Å²) in [6.45, 7) is 4.44. The zero-order valence-electron chi connectivity index (χ0n) is 15.3. The van der Waals surface area contributed by atoms with Crippen molar-refractivity contribution in [1.82, 2.24) is 14.8 Å². The van der Waals surface area contributed by atoms with Gasteiger partial charge in [-0.3, -0.25) is 14.7 Å². The highest BCUT2D eigenvalue weighted by Crippen LogP contribution is 2.39. The van der Waals surface area contributed by atoms with Gasteiger partial charge in [0.15, 0.2) is 0 Å². The summed E-state index contributed by atoms with van der Waals surface area (Å²) in [5, 5.41) is 0. The third-order valence-corrected chi connectivity index (χ3v) is 6.73. The number of amides is 1. The average Bonchev–Trinajstić information content (AvgIpc) is 3.38. The van der Waals surface area contributed by atoms with Crippen molar-refractivity contribution in [2.75, 3.05) is 26.2 Å². The van der Waals surface area contributed by atoms with Crippen LogP contribution in [0.5, 0.6) is 0 Å². The van der Waals surface area contributed by atoms with Crippen LogP contribution in [0.1, 0.15) is 56.9 Å². The number of carbonyl (C=O) groups is 1. The monoisotopic (exact) mass is 341 g/mol. The molecule has 0 N–H and O–H groups in total. The Morgan fingerprint density at radius 3 is 2.88 bits per heavy atom. The van der Waals surface area contributed by atoms with Crippen molar-refractivity contribution >= 4 is 5.91 Å². The van der Waals surface area contributed by atoms with Crippen LogP contribution in [-0.2, 0) is 11.2 Å². The molecule has 25 heavy (non-hydrogen) atoms. The lowest BCUT2D eigenvalue weighted by Crippen LogP contribution is -2.48. The van der Waals surface area contributed by atoms with E-state index < -0.39 is 0 Å². The summed E-state index contributed by atoms with van der Waals surface area (Å²) in [5.74, 6) is 1.23. The van der Waals surface area contributed by atoms with Gasteiger partial charge >= 0.3 is 0 Å². The fourth-order valence-electron chi connectivity index (χ4n) is 5.27. The molecule has 3 aliphatic rings. The maximum Gasteiger partial charge on any atom is 0.222 e. The first-order chi connectivity index (χ1) is 12.3. The van der Waals surface area contributed by atoms with Gasteiger partial charge in [0.2, 0.25) is 5.91 Å². The van der Waals surface area contributed by atoms with Crippen molar-refractivity contribution in [3.8, 4) is 0 Å². The number of aromatic nitrogens is 1. The number of hydrogen-bond acceptors (Lipinski definition) is 3. The van der Waals surface area contributed by atoms with Gasteiger partial charge in [-0.1, -0.05) is 18.9 Å². The van der Waals surface area contributed by atoms with Crippen LogP contribution in [0.2, 0.25) is 0 Å². The molecular weight excluding hydrogens is 310 g/mol. The smallest absolute Gasteiger partial charge is 0.222 e. The molecule has 1 saturated carbocycles. The predicted molar refractivity (Wildman–Crippen MR) is 99.3 cm³/mol. The molecule has 1 atom stereocenters. The average molecular weight is 341 g/mol. The minimum Gasteiger partial charge on any atom is -0.341 e. The Morgan fingerprint density at radius 2 is 2.08 bits per heavy atom. The molecule has 2 saturated heterocycles. The van der Waals surface area contributed by atoms with E-state index in [9.17, 15) is 4.79 Å². The minimum atomic E-state index is 0.298. The summed E-state index contributed by atoms with van der Waals surface area (Å²) in [7, 11) is 0. The molecule has 0 radical (unpaired) electrons. The van der Waals surface area contributed by atoms with E-state index in [0.29, 0.717) is 17.9 Å². The highest BCUT2D eigenvalue weighted by atomic mass is 16.2. The molecule has 1 spiro atoms. The van der Waals surface area contributed by atoms with Crippen LogP contribution in [0.3, 0.4) is 0 Å². The van der Waals surface area contributed by atoms with Gasteiger partial charge in [0.1, 0.15) is 0 Å². The molecular formula is C21H31N3O. The SMILES string of the molecule is O=C(CCc1cccnc1)N1CC[C@@]2(CCCN2CC2CCCC2)C1. The van der Waals surface area contributed by atoms with Crippen molar-refractivity contribution in [2.24, 2.45) is 5.92 Å². The third kappa shape index (κ3) is 3.74. The quantitative estimate of drug-likeness (QED) is 0.825. The second kappa shape index (κ2) is 7.45. The highest BCUT2D eigenvalue weighted by molar-refractivity contribution is 5.77. The van der Waals surface area contributed by atoms with Gasteiger partial charge in [0, 0.05) is 44.0 Å². The van der Waals surface area contributed by atoms with Crippen LogP contribution in [0, 0.1) is 5.92 Å². The molecule has 1 aliphatic carbocycles. The summed E-state index contributed by atoms with van der Waals surface area (Å²) < 4.78 is 0. The Balaban J connectivity index is 1.32. The number of likely N-dealkylation sites (tertiary alicyclic amines) is 2. The van der Waals surface area contributed by atoms with Crippen LogP contribution in [0.25, 0.3) is 0 Å². The molecule has 0 aromatic carbocycles. The van der Waals surface area contributed by atoms with Gasteiger partial charge in [-0.25, -0.2) is 0 Å². The first-order valence-electron chi connectivity index (χ1n) is 10.2. The van der Waals surface area contributed by atoms with E-state index in [4.69, 9.17) is 0 Å². The molecule has 2 aliphatic heterocycles. The first kappa shape index (κ1) is 17.0. The molecule has 136 valence electrons. The topological polar surface area (TPSA) is 36.4 Å². The molecule has 1 aromatic rings.